The Balaban J connectivity index is 3.88. The highest BCUT2D eigenvalue weighted by Crippen LogP contribution is 1.81. The fraction of sp³-hybridized carbons (Fsp3) is 0.333. The Labute approximate surface area is 59.3 Å². The summed E-state index contributed by atoms with van der Waals surface area (Å²) >= 11 is 0. The lowest BCUT2D eigenvalue weighted by Gasteiger charge is -2.03. The van der Waals surface area contributed by atoms with E-state index in [4.69, 9.17) is 11.0 Å². The fourth-order valence-corrected chi connectivity index (χ4v) is 0.347. The molecule has 10 heavy (non-hydrogen) atoms. The first-order chi connectivity index (χ1) is 4.57. The molecule has 0 aromatic heterocycles. The quantitative estimate of drug-likeness (QED) is 0.540. The van der Waals surface area contributed by atoms with Crippen LogP contribution in [0.3, 0.4) is 0 Å². The average Bonchev–Trinajstić information content (AvgIpc) is 1.85. The van der Waals surface area contributed by atoms with Gasteiger partial charge in [0.15, 0.2) is 6.04 Å². The van der Waals surface area contributed by atoms with Crippen molar-refractivity contribution >= 4 is 5.91 Å². The number of carbonyl (C=O) groups is 1. The lowest BCUT2D eigenvalue weighted by molar-refractivity contribution is -0.120. The summed E-state index contributed by atoms with van der Waals surface area (Å²) in [5.74, 6) is -0.519. The monoisotopic (exact) mass is 139 g/mol. The number of nitrogens with one attached hydrogen (secondary N) is 1. The molecule has 0 fully saturated rings. The third kappa shape index (κ3) is 2.84. The predicted molar refractivity (Wildman–Crippen MR) is 36.5 cm³/mol. The minimum atomic E-state index is -1.10. The molecule has 4 heteroatoms. The van der Waals surface area contributed by atoms with Gasteiger partial charge in [0, 0.05) is 5.70 Å². The zero-order chi connectivity index (χ0) is 8.15. The number of nitrogens with zero attached hydrogens (tertiary/aromatic N) is 1. The van der Waals surface area contributed by atoms with E-state index in [9.17, 15) is 4.79 Å². The van der Waals surface area contributed by atoms with Gasteiger partial charge in [-0.2, -0.15) is 5.26 Å². The van der Waals surface area contributed by atoms with Gasteiger partial charge < -0.3 is 11.1 Å². The third-order valence-corrected chi connectivity index (χ3v) is 0.758. The van der Waals surface area contributed by atoms with E-state index in [-0.39, 0.29) is 0 Å². The second-order valence-corrected chi connectivity index (χ2v) is 1.88. The SMILES string of the molecule is C=C(C)NC(=O)C(N)C#N. The number of carbonyl (C=O) groups excluding carboxylic acids is 1. The highest BCUT2D eigenvalue weighted by atomic mass is 16.2. The molecule has 0 rings (SSSR count). The molecule has 54 valence electrons. The van der Waals surface area contributed by atoms with E-state index < -0.39 is 11.9 Å². The van der Waals surface area contributed by atoms with Crippen LogP contribution in [0.25, 0.3) is 0 Å². The number of amides is 1. The fourth-order valence-electron chi connectivity index (χ4n) is 0.347. The molecule has 0 saturated carbocycles. The molecule has 0 aromatic rings. The summed E-state index contributed by atoms with van der Waals surface area (Å²) in [7, 11) is 0. The van der Waals surface area contributed by atoms with Crippen LogP contribution in [0.2, 0.25) is 0 Å². The van der Waals surface area contributed by atoms with Crippen molar-refractivity contribution in [3.05, 3.63) is 12.3 Å². The maximum absolute atomic E-state index is 10.7. The van der Waals surface area contributed by atoms with E-state index in [0.717, 1.165) is 0 Å². The van der Waals surface area contributed by atoms with E-state index in [1.807, 2.05) is 0 Å². The van der Waals surface area contributed by atoms with Crippen LogP contribution in [0.1, 0.15) is 6.92 Å². The zero-order valence-corrected chi connectivity index (χ0v) is 5.72. The highest BCUT2D eigenvalue weighted by Gasteiger charge is 2.10. The molecule has 0 bridgehead atoms. The molecule has 1 unspecified atom stereocenters. The molecule has 0 saturated heterocycles. The number of nitrogens with two attached hydrogens (primary N) is 1. The molecule has 0 aliphatic heterocycles. The Morgan fingerprint density at radius 2 is 2.40 bits per heavy atom. The largest absolute Gasteiger partial charge is 0.328 e. The molecular formula is C6H9N3O. The van der Waals surface area contributed by atoms with Gasteiger partial charge in [0.2, 0.25) is 0 Å². The Bertz CT molecular complexity index is 192. The number of nitriles is 1. The predicted octanol–water partition coefficient (Wildman–Crippen LogP) is -0.513. The summed E-state index contributed by atoms with van der Waals surface area (Å²) in [5.41, 5.74) is 5.53. The van der Waals surface area contributed by atoms with Gasteiger partial charge in [-0.05, 0) is 6.92 Å². The van der Waals surface area contributed by atoms with Crippen LogP contribution in [0.5, 0.6) is 0 Å². The van der Waals surface area contributed by atoms with Crippen molar-refractivity contribution in [3.63, 3.8) is 0 Å². The van der Waals surface area contributed by atoms with Gasteiger partial charge in [-0.15, -0.1) is 0 Å². The first-order valence-corrected chi connectivity index (χ1v) is 2.69. The molecular weight excluding hydrogens is 130 g/mol. The van der Waals surface area contributed by atoms with Crippen LogP contribution in [-0.2, 0) is 4.79 Å². The molecule has 1 amide bonds. The number of hydrogen-bond acceptors (Lipinski definition) is 3. The first-order valence-electron chi connectivity index (χ1n) is 2.69. The topological polar surface area (TPSA) is 78.9 Å². The van der Waals surface area contributed by atoms with Crippen LogP contribution in [0.15, 0.2) is 12.3 Å². The summed E-state index contributed by atoms with van der Waals surface area (Å²) in [4.78, 5) is 10.7. The smallest absolute Gasteiger partial charge is 0.255 e. The van der Waals surface area contributed by atoms with Crippen LogP contribution in [0, 0.1) is 11.3 Å². The van der Waals surface area contributed by atoms with Gasteiger partial charge in [0.1, 0.15) is 0 Å². The van der Waals surface area contributed by atoms with Crippen molar-refractivity contribution < 1.29 is 4.79 Å². The molecule has 1 atom stereocenters. The first kappa shape index (κ1) is 8.66. The van der Waals surface area contributed by atoms with E-state index in [1.165, 1.54) is 0 Å². The summed E-state index contributed by atoms with van der Waals surface area (Å²) in [5, 5.41) is 10.5. The average molecular weight is 139 g/mol. The molecule has 0 spiro atoms. The third-order valence-electron chi connectivity index (χ3n) is 0.758. The lowest BCUT2D eigenvalue weighted by atomic mass is 10.3. The minimum absolute atomic E-state index is 0.482. The molecule has 3 N–H and O–H groups in total. The van der Waals surface area contributed by atoms with Crippen molar-refractivity contribution in [1.82, 2.24) is 5.32 Å². The van der Waals surface area contributed by atoms with Gasteiger partial charge in [-0.3, -0.25) is 4.79 Å². The van der Waals surface area contributed by atoms with Crippen molar-refractivity contribution in [2.75, 3.05) is 0 Å². The summed E-state index contributed by atoms with van der Waals surface area (Å²) < 4.78 is 0. The van der Waals surface area contributed by atoms with Gasteiger partial charge in [0.25, 0.3) is 5.91 Å². The standard InChI is InChI=1S/C6H9N3O/c1-4(2)9-6(10)5(8)3-7/h5H,1,8H2,2H3,(H,9,10). The lowest BCUT2D eigenvalue weighted by Crippen LogP contribution is -2.38. The number of rotatable bonds is 2. The summed E-state index contributed by atoms with van der Waals surface area (Å²) in [6.45, 7) is 5.03. The van der Waals surface area contributed by atoms with Gasteiger partial charge in [-0.25, -0.2) is 0 Å². The molecule has 0 aliphatic carbocycles. The molecule has 0 radical (unpaired) electrons. The molecule has 0 aliphatic rings. The van der Waals surface area contributed by atoms with Gasteiger partial charge in [-0.1, -0.05) is 6.58 Å². The van der Waals surface area contributed by atoms with E-state index in [2.05, 4.69) is 11.9 Å². The second-order valence-electron chi connectivity index (χ2n) is 1.88. The Morgan fingerprint density at radius 1 is 1.90 bits per heavy atom. The van der Waals surface area contributed by atoms with Crippen LogP contribution < -0.4 is 11.1 Å². The van der Waals surface area contributed by atoms with Crippen LogP contribution in [0.4, 0.5) is 0 Å². The summed E-state index contributed by atoms with van der Waals surface area (Å²) in [6, 6.07) is 0.494. The molecule has 0 heterocycles. The van der Waals surface area contributed by atoms with Gasteiger partial charge in [0.05, 0.1) is 6.07 Å². The normalized spacial score (nSPS) is 11.3. The van der Waals surface area contributed by atoms with E-state index in [0.29, 0.717) is 5.70 Å². The van der Waals surface area contributed by atoms with E-state index in [1.54, 1.807) is 13.0 Å². The Kier molecular flexibility index (Phi) is 3.15. The Hall–Kier alpha value is -1.34. The number of hydrogen-bond donors (Lipinski definition) is 2. The molecule has 0 aromatic carbocycles. The van der Waals surface area contributed by atoms with Crippen molar-refractivity contribution in [1.29, 1.82) is 5.26 Å². The Morgan fingerprint density at radius 3 is 2.70 bits per heavy atom. The minimum Gasteiger partial charge on any atom is -0.328 e. The zero-order valence-electron chi connectivity index (χ0n) is 5.72. The summed E-state index contributed by atoms with van der Waals surface area (Å²) in [6.07, 6.45) is 0. The van der Waals surface area contributed by atoms with Crippen LogP contribution in [-0.4, -0.2) is 11.9 Å². The van der Waals surface area contributed by atoms with Crippen molar-refractivity contribution in [2.24, 2.45) is 5.73 Å². The van der Waals surface area contributed by atoms with Crippen LogP contribution >= 0.6 is 0 Å². The van der Waals surface area contributed by atoms with Crippen molar-refractivity contribution in [3.8, 4) is 6.07 Å². The highest BCUT2D eigenvalue weighted by molar-refractivity contribution is 5.85. The van der Waals surface area contributed by atoms with Gasteiger partial charge >= 0.3 is 0 Å². The molecule has 4 nitrogen and oxygen atoms in total. The maximum atomic E-state index is 10.7. The second kappa shape index (κ2) is 3.64. The number of allylic oxidation sites excluding steroid dienone is 1. The maximum Gasteiger partial charge on any atom is 0.255 e. The van der Waals surface area contributed by atoms with Crippen molar-refractivity contribution in [2.45, 2.75) is 13.0 Å². The van der Waals surface area contributed by atoms with E-state index >= 15 is 0 Å².